The van der Waals surface area contributed by atoms with Gasteiger partial charge in [0.15, 0.2) is 0 Å². The minimum absolute atomic E-state index is 0.0196. The number of hydrogen-bond donors (Lipinski definition) is 1. The van der Waals surface area contributed by atoms with Crippen LogP contribution in [0.25, 0.3) is 0 Å². The molecule has 0 saturated carbocycles. The van der Waals surface area contributed by atoms with Gasteiger partial charge < -0.3 is 19.6 Å². The van der Waals surface area contributed by atoms with E-state index in [-0.39, 0.29) is 19.1 Å². The van der Waals surface area contributed by atoms with Gasteiger partial charge in [0.1, 0.15) is 6.61 Å². The molecular weight excluding hydrogens is 212 g/mol. The number of carbonyl (C=O) groups excluding carboxylic acids is 2. The highest BCUT2D eigenvalue weighted by Gasteiger charge is 2.20. The van der Waals surface area contributed by atoms with Crippen molar-refractivity contribution >= 4 is 12.0 Å². The number of nitrogens with zero attached hydrogens (tertiary/aromatic N) is 2. The van der Waals surface area contributed by atoms with Crippen molar-refractivity contribution in [3.05, 3.63) is 0 Å². The highest BCUT2D eigenvalue weighted by atomic mass is 16.6. The molecule has 2 amide bonds. The smallest absolute Gasteiger partial charge is 0.409 e. The standard InChI is InChI=1S/C10H18N2O4/c1-9(14)11-3-2-4-12(6-5-11)10(15)16-8-7-13/h13H,2-8H2,1H3. The van der Waals surface area contributed by atoms with Crippen molar-refractivity contribution in [1.29, 1.82) is 0 Å². The molecule has 0 aromatic carbocycles. The van der Waals surface area contributed by atoms with Gasteiger partial charge in [0, 0.05) is 33.1 Å². The monoisotopic (exact) mass is 230 g/mol. The third kappa shape index (κ3) is 3.69. The van der Waals surface area contributed by atoms with Gasteiger partial charge in [-0.2, -0.15) is 0 Å². The van der Waals surface area contributed by atoms with Gasteiger partial charge in [-0.15, -0.1) is 0 Å². The van der Waals surface area contributed by atoms with Gasteiger partial charge in [-0.3, -0.25) is 4.79 Å². The maximum absolute atomic E-state index is 11.5. The van der Waals surface area contributed by atoms with E-state index < -0.39 is 6.09 Å². The van der Waals surface area contributed by atoms with Crippen molar-refractivity contribution in [1.82, 2.24) is 9.80 Å². The third-order valence-electron chi connectivity index (χ3n) is 2.52. The van der Waals surface area contributed by atoms with E-state index in [1.165, 1.54) is 6.92 Å². The van der Waals surface area contributed by atoms with Gasteiger partial charge in [0.2, 0.25) is 5.91 Å². The lowest BCUT2D eigenvalue weighted by atomic mass is 10.4. The molecule has 0 atom stereocenters. The van der Waals surface area contributed by atoms with Gasteiger partial charge in [0.05, 0.1) is 6.61 Å². The SMILES string of the molecule is CC(=O)N1CCCN(C(=O)OCCO)CC1. The number of ether oxygens (including phenoxy) is 1. The fraction of sp³-hybridized carbons (Fsp3) is 0.800. The number of aliphatic hydroxyl groups is 1. The first-order valence-corrected chi connectivity index (χ1v) is 5.43. The number of carbonyl (C=O) groups is 2. The molecule has 1 saturated heterocycles. The Labute approximate surface area is 94.8 Å². The molecule has 92 valence electrons. The first-order valence-electron chi connectivity index (χ1n) is 5.43. The van der Waals surface area contributed by atoms with E-state index in [1.54, 1.807) is 9.80 Å². The summed E-state index contributed by atoms with van der Waals surface area (Å²) in [7, 11) is 0. The molecular formula is C10H18N2O4. The normalized spacial score (nSPS) is 16.9. The van der Waals surface area contributed by atoms with Gasteiger partial charge in [0.25, 0.3) is 0 Å². The van der Waals surface area contributed by atoms with Crippen molar-refractivity contribution in [3.63, 3.8) is 0 Å². The lowest BCUT2D eigenvalue weighted by Gasteiger charge is -2.20. The summed E-state index contributed by atoms with van der Waals surface area (Å²) in [6, 6.07) is 0. The second-order valence-corrected chi connectivity index (χ2v) is 3.68. The van der Waals surface area contributed by atoms with Crippen LogP contribution in [-0.2, 0) is 9.53 Å². The molecule has 6 nitrogen and oxygen atoms in total. The van der Waals surface area contributed by atoms with Gasteiger partial charge >= 0.3 is 6.09 Å². The van der Waals surface area contributed by atoms with Crippen LogP contribution in [0.5, 0.6) is 0 Å². The summed E-state index contributed by atoms with van der Waals surface area (Å²) in [6.07, 6.45) is 0.341. The average molecular weight is 230 g/mol. The summed E-state index contributed by atoms with van der Waals surface area (Å²) >= 11 is 0. The van der Waals surface area contributed by atoms with Crippen LogP contribution in [0.1, 0.15) is 13.3 Å². The molecule has 1 heterocycles. The van der Waals surface area contributed by atoms with Crippen LogP contribution < -0.4 is 0 Å². The minimum atomic E-state index is -0.417. The maximum atomic E-state index is 11.5. The van der Waals surface area contributed by atoms with Crippen molar-refractivity contribution in [2.45, 2.75) is 13.3 Å². The zero-order valence-corrected chi connectivity index (χ0v) is 9.52. The Balaban J connectivity index is 2.40. The molecule has 16 heavy (non-hydrogen) atoms. The highest BCUT2D eigenvalue weighted by molar-refractivity contribution is 5.73. The number of hydrogen-bond acceptors (Lipinski definition) is 4. The maximum Gasteiger partial charge on any atom is 0.409 e. The largest absolute Gasteiger partial charge is 0.447 e. The molecule has 0 aromatic rings. The molecule has 1 aliphatic rings. The molecule has 0 unspecified atom stereocenters. The van der Waals surface area contributed by atoms with Gasteiger partial charge in [-0.1, -0.05) is 0 Å². The highest BCUT2D eigenvalue weighted by Crippen LogP contribution is 2.04. The number of amides is 2. The summed E-state index contributed by atoms with van der Waals surface area (Å²) < 4.78 is 4.82. The predicted octanol–water partition coefficient (Wildman–Crippen LogP) is -0.331. The zero-order chi connectivity index (χ0) is 12.0. The molecule has 1 rings (SSSR count). The van der Waals surface area contributed by atoms with Crippen LogP contribution >= 0.6 is 0 Å². The number of aliphatic hydroxyl groups excluding tert-OH is 1. The summed E-state index contributed by atoms with van der Waals surface area (Å²) in [4.78, 5) is 25.9. The molecule has 6 heteroatoms. The van der Waals surface area contributed by atoms with E-state index in [0.29, 0.717) is 26.2 Å². The molecule has 1 aliphatic heterocycles. The molecule has 0 aliphatic carbocycles. The Kier molecular flexibility index (Phi) is 5.04. The summed E-state index contributed by atoms with van der Waals surface area (Å²) in [5, 5.41) is 8.54. The van der Waals surface area contributed by atoms with Crippen LogP contribution in [0.3, 0.4) is 0 Å². The quantitative estimate of drug-likeness (QED) is 0.705. The van der Waals surface area contributed by atoms with E-state index >= 15 is 0 Å². The summed E-state index contributed by atoms with van der Waals surface area (Å²) in [6.45, 7) is 3.69. The Bertz CT molecular complexity index is 257. The van der Waals surface area contributed by atoms with E-state index in [0.717, 1.165) is 6.42 Å². The molecule has 0 spiro atoms. The zero-order valence-electron chi connectivity index (χ0n) is 9.52. The first-order chi connectivity index (χ1) is 7.65. The van der Waals surface area contributed by atoms with Crippen LogP contribution in [0.15, 0.2) is 0 Å². The Morgan fingerprint density at radius 2 is 1.81 bits per heavy atom. The van der Waals surface area contributed by atoms with Crippen molar-refractivity contribution in [2.24, 2.45) is 0 Å². The number of rotatable bonds is 2. The second-order valence-electron chi connectivity index (χ2n) is 3.68. The topological polar surface area (TPSA) is 70.1 Å². The van der Waals surface area contributed by atoms with E-state index in [4.69, 9.17) is 9.84 Å². The third-order valence-corrected chi connectivity index (χ3v) is 2.52. The summed E-state index contributed by atoms with van der Waals surface area (Å²) in [5.41, 5.74) is 0. The Hall–Kier alpha value is -1.30. The van der Waals surface area contributed by atoms with Gasteiger partial charge in [-0.25, -0.2) is 4.79 Å². The van der Waals surface area contributed by atoms with Crippen LogP contribution in [0, 0.1) is 0 Å². The van der Waals surface area contributed by atoms with E-state index in [1.807, 2.05) is 0 Å². The van der Waals surface area contributed by atoms with Gasteiger partial charge in [-0.05, 0) is 6.42 Å². The molecule has 0 aromatic heterocycles. The molecule has 0 radical (unpaired) electrons. The second kappa shape index (κ2) is 6.32. The molecule has 0 bridgehead atoms. The van der Waals surface area contributed by atoms with Crippen LogP contribution in [-0.4, -0.2) is 66.3 Å². The predicted molar refractivity (Wildman–Crippen MR) is 56.9 cm³/mol. The first kappa shape index (κ1) is 12.8. The lowest BCUT2D eigenvalue weighted by molar-refractivity contribution is -0.128. The Morgan fingerprint density at radius 1 is 1.19 bits per heavy atom. The molecule has 1 fully saturated rings. The fourth-order valence-corrected chi connectivity index (χ4v) is 1.64. The summed E-state index contributed by atoms with van der Waals surface area (Å²) in [5.74, 6) is 0.0329. The molecule has 1 N–H and O–H groups in total. The van der Waals surface area contributed by atoms with E-state index in [9.17, 15) is 9.59 Å². The van der Waals surface area contributed by atoms with Crippen molar-refractivity contribution in [3.8, 4) is 0 Å². The van der Waals surface area contributed by atoms with Crippen LogP contribution in [0.4, 0.5) is 4.79 Å². The Morgan fingerprint density at radius 3 is 2.44 bits per heavy atom. The fourth-order valence-electron chi connectivity index (χ4n) is 1.64. The van der Waals surface area contributed by atoms with Crippen molar-refractivity contribution in [2.75, 3.05) is 39.4 Å². The average Bonchev–Trinajstić information content (AvgIpc) is 2.51. The minimum Gasteiger partial charge on any atom is -0.447 e. The van der Waals surface area contributed by atoms with Crippen molar-refractivity contribution < 1.29 is 19.4 Å². The lowest BCUT2D eigenvalue weighted by Crippen LogP contribution is -2.37. The van der Waals surface area contributed by atoms with E-state index in [2.05, 4.69) is 0 Å². The van der Waals surface area contributed by atoms with Crippen LogP contribution in [0.2, 0.25) is 0 Å².